The van der Waals surface area contributed by atoms with Gasteiger partial charge >= 0.3 is 6.03 Å². The molecule has 6 heteroatoms. The first kappa shape index (κ1) is 12.3. The fourth-order valence-electron chi connectivity index (χ4n) is 2.01. The number of thiazole rings is 1. The van der Waals surface area contributed by atoms with E-state index in [2.05, 4.69) is 15.6 Å². The first-order valence-electron chi connectivity index (χ1n) is 5.77. The summed E-state index contributed by atoms with van der Waals surface area (Å²) in [4.78, 5) is 15.7. The molecule has 0 spiro atoms. The van der Waals surface area contributed by atoms with Gasteiger partial charge in [0, 0.05) is 11.9 Å². The van der Waals surface area contributed by atoms with Crippen LogP contribution in [-0.4, -0.2) is 28.3 Å². The number of urea groups is 1. The molecule has 0 aromatic carbocycles. The van der Waals surface area contributed by atoms with Crippen molar-refractivity contribution in [1.29, 1.82) is 0 Å². The summed E-state index contributed by atoms with van der Waals surface area (Å²) in [5, 5.41) is 17.9. The van der Waals surface area contributed by atoms with Gasteiger partial charge in [0.1, 0.15) is 0 Å². The van der Waals surface area contributed by atoms with Crippen LogP contribution in [0.25, 0.3) is 0 Å². The lowest BCUT2D eigenvalue weighted by atomic mass is 10.0. The van der Waals surface area contributed by atoms with Gasteiger partial charge in [-0.2, -0.15) is 0 Å². The molecule has 0 atom stereocenters. The molecule has 2 rings (SSSR count). The Morgan fingerprint density at radius 3 is 2.88 bits per heavy atom. The monoisotopic (exact) mass is 255 g/mol. The van der Waals surface area contributed by atoms with Crippen molar-refractivity contribution < 1.29 is 9.90 Å². The quantitative estimate of drug-likeness (QED) is 0.772. The van der Waals surface area contributed by atoms with Crippen molar-refractivity contribution in [3.8, 4) is 0 Å². The van der Waals surface area contributed by atoms with Crippen molar-refractivity contribution in [2.75, 3.05) is 11.9 Å². The lowest BCUT2D eigenvalue weighted by Gasteiger charge is -2.22. The zero-order chi connectivity index (χ0) is 12.3. The molecule has 1 saturated carbocycles. The van der Waals surface area contributed by atoms with Crippen LogP contribution in [0.15, 0.2) is 5.38 Å². The molecule has 1 aliphatic rings. The highest BCUT2D eigenvalue weighted by Gasteiger charge is 2.31. The number of hydrogen-bond donors (Lipinski definition) is 3. The van der Waals surface area contributed by atoms with Crippen LogP contribution in [0.1, 0.15) is 31.4 Å². The van der Waals surface area contributed by atoms with Crippen molar-refractivity contribution in [1.82, 2.24) is 10.3 Å². The number of carbonyl (C=O) groups excluding carboxylic acids is 1. The fraction of sp³-hybridized carbons (Fsp3) is 0.636. The second-order valence-corrected chi connectivity index (χ2v) is 5.39. The number of nitrogens with zero attached hydrogens (tertiary/aromatic N) is 1. The minimum atomic E-state index is -0.712. The van der Waals surface area contributed by atoms with Gasteiger partial charge in [0.25, 0.3) is 0 Å². The summed E-state index contributed by atoms with van der Waals surface area (Å²) in [6.07, 6.45) is 3.60. The van der Waals surface area contributed by atoms with Crippen LogP contribution in [0.2, 0.25) is 0 Å². The molecule has 0 unspecified atom stereocenters. The third kappa shape index (κ3) is 3.41. The molecule has 0 saturated heterocycles. The Labute approximate surface area is 104 Å². The number of aryl methyl sites for hydroxylation is 1. The summed E-state index contributed by atoms with van der Waals surface area (Å²) in [5.74, 6) is 0. The van der Waals surface area contributed by atoms with E-state index < -0.39 is 5.60 Å². The predicted molar refractivity (Wildman–Crippen MR) is 67.3 cm³/mol. The van der Waals surface area contributed by atoms with Crippen LogP contribution in [-0.2, 0) is 0 Å². The van der Waals surface area contributed by atoms with Gasteiger partial charge in [-0.1, -0.05) is 12.8 Å². The highest BCUT2D eigenvalue weighted by atomic mass is 32.1. The molecular formula is C11H17N3O2S. The Morgan fingerprint density at radius 1 is 1.59 bits per heavy atom. The maximum absolute atomic E-state index is 11.6. The van der Waals surface area contributed by atoms with Crippen molar-refractivity contribution in [3.05, 3.63) is 11.1 Å². The highest BCUT2D eigenvalue weighted by Crippen LogP contribution is 2.28. The minimum Gasteiger partial charge on any atom is -0.388 e. The van der Waals surface area contributed by atoms with Crippen LogP contribution in [0, 0.1) is 6.92 Å². The topological polar surface area (TPSA) is 74.2 Å². The Bertz CT molecular complexity index is 399. The van der Waals surface area contributed by atoms with Crippen molar-refractivity contribution in [2.45, 2.75) is 38.2 Å². The molecule has 0 aliphatic heterocycles. The summed E-state index contributed by atoms with van der Waals surface area (Å²) >= 11 is 1.39. The van der Waals surface area contributed by atoms with Gasteiger partial charge in [0.05, 0.1) is 11.3 Å². The zero-order valence-electron chi connectivity index (χ0n) is 9.82. The summed E-state index contributed by atoms with van der Waals surface area (Å²) in [5.41, 5.74) is 0.176. The number of aromatic nitrogens is 1. The number of carbonyl (C=O) groups is 1. The molecule has 1 heterocycles. The molecule has 1 aliphatic carbocycles. The normalized spacial score (nSPS) is 18.0. The van der Waals surface area contributed by atoms with E-state index in [9.17, 15) is 9.90 Å². The molecule has 3 N–H and O–H groups in total. The molecule has 1 aromatic heterocycles. The molecule has 1 aromatic rings. The Kier molecular flexibility index (Phi) is 3.63. The third-order valence-electron chi connectivity index (χ3n) is 2.95. The lowest BCUT2D eigenvalue weighted by Crippen LogP contribution is -2.42. The highest BCUT2D eigenvalue weighted by molar-refractivity contribution is 7.13. The maximum Gasteiger partial charge on any atom is 0.321 e. The Balaban J connectivity index is 1.77. The van der Waals surface area contributed by atoms with Gasteiger partial charge in [-0.25, -0.2) is 9.78 Å². The van der Waals surface area contributed by atoms with E-state index in [1.807, 2.05) is 12.3 Å². The average Bonchev–Trinajstić information content (AvgIpc) is 2.86. The molecule has 0 bridgehead atoms. The van der Waals surface area contributed by atoms with E-state index in [1.54, 1.807) is 0 Å². The predicted octanol–water partition coefficient (Wildman–Crippen LogP) is 1.88. The van der Waals surface area contributed by atoms with Gasteiger partial charge < -0.3 is 10.4 Å². The van der Waals surface area contributed by atoms with Gasteiger partial charge in [0.15, 0.2) is 5.13 Å². The number of aliphatic hydroxyl groups is 1. The maximum atomic E-state index is 11.6. The zero-order valence-corrected chi connectivity index (χ0v) is 10.6. The summed E-state index contributed by atoms with van der Waals surface area (Å²) in [6, 6.07) is -0.306. The lowest BCUT2D eigenvalue weighted by molar-refractivity contribution is 0.0506. The van der Waals surface area contributed by atoms with E-state index in [1.165, 1.54) is 11.3 Å². The molecule has 2 amide bonds. The third-order valence-corrected chi connectivity index (χ3v) is 3.83. The molecule has 5 nitrogen and oxygen atoms in total. The van der Waals surface area contributed by atoms with Crippen LogP contribution in [0.5, 0.6) is 0 Å². The van der Waals surface area contributed by atoms with Crippen LogP contribution >= 0.6 is 11.3 Å². The Morgan fingerprint density at radius 2 is 2.29 bits per heavy atom. The average molecular weight is 255 g/mol. The standard InChI is InChI=1S/C11H17N3O2S/c1-8-6-17-10(13-8)14-9(15)12-7-11(16)4-2-3-5-11/h6,16H,2-5,7H2,1H3,(H2,12,13,14,15). The summed E-state index contributed by atoms with van der Waals surface area (Å²) in [7, 11) is 0. The molecule has 1 fully saturated rings. The second kappa shape index (κ2) is 5.01. The van der Waals surface area contributed by atoms with Gasteiger partial charge in [-0.15, -0.1) is 11.3 Å². The van der Waals surface area contributed by atoms with E-state index in [-0.39, 0.29) is 6.03 Å². The van der Waals surface area contributed by atoms with E-state index in [0.717, 1.165) is 31.4 Å². The molecule has 94 valence electrons. The molecule has 17 heavy (non-hydrogen) atoms. The van der Waals surface area contributed by atoms with Gasteiger partial charge in [0.2, 0.25) is 0 Å². The van der Waals surface area contributed by atoms with Crippen LogP contribution in [0.4, 0.5) is 9.93 Å². The summed E-state index contributed by atoms with van der Waals surface area (Å²) in [6.45, 7) is 2.18. The first-order valence-corrected chi connectivity index (χ1v) is 6.65. The van der Waals surface area contributed by atoms with E-state index >= 15 is 0 Å². The number of nitrogens with one attached hydrogen (secondary N) is 2. The smallest absolute Gasteiger partial charge is 0.321 e. The second-order valence-electron chi connectivity index (χ2n) is 4.53. The number of amides is 2. The first-order chi connectivity index (χ1) is 8.07. The molecule has 0 radical (unpaired) electrons. The SMILES string of the molecule is Cc1csc(NC(=O)NCC2(O)CCCC2)n1. The van der Waals surface area contributed by atoms with Crippen molar-refractivity contribution in [2.24, 2.45) is 0 Å². The minimum absolute atomic E-state index is 0.306. The van der Waals surface area contributed by atoms with E-state index in [4.69, 9.17) is 0 Å². The van der Waals surface area contributed by atoms with Crippen LogP contribution < -0.4 is 10.6 Å². The molecular weight excluding hydrogens is 238 g/mol. The Hall–Kier alpha value is -1.14. The number of anilines is 1. The summed E-state index contributed by atoms with van der Waals surface area (Å²) < 4.78 is 0. The van der Waals surface area contributed by atoms with Crippen LogP contribution in [0.3, 0.4) is 0 Å². The number of rotatable bonds is 3. The number of hydrogen-bond acceptors (Lipinski definition) is 4. The van der Waals surface area contributed by atoms with Crippen molar-refractivity contribution >= 4 is 22.5 Å². The van der Waals surface area contributed by atoms with Gasteiger partial charge in [-0.3, -0.25) is 5.32 Å². The van der Waals surface area contributed by atoms with Crippen molar-refractivity contribution in [3.63, 3.8) is 0 Å². The van der Waals surface area contributed by atoms with E-state index in [0.29, 0.717) is 11.7 Å². The fourth-order valence-corrected chi connectivity index (χ4v) is 2.69. The van der Waals surface area contributed by atoms with Gasteiger partial charge in [-0.05, 0) is 19.8 Å². The largest absolute Gasteiger partial charge is 0.388 e.